The fraction of sp³-hybridized carbons (Fsp3) is 0.407. The summed E-state index contributed by atoms with van der Waals surface area (Å²) in [6.07, 6.45) is 4.43. The van der Waals surface area contributed by atoms with E-state index >= 15 is 0 Å². The minimum atomic E-state index is -3.97. The van der Waals surface area contributed by atoms with E-state index in [9.17, 15) is 22.8 Å². The maximum Gasteiger partial charge on any atom is 0.415 e. The summed E-state index contributed by atoms with van der Waals surface area (Å²) in [7, 11) is -2.43. The number of hydrogen-bond donors (Lipinski definition) is 1. The van der Waals surface area contributed by atoms with Gasteiger partial charge in [-0.3, -0.25) is 14.6 Å². The van der Waals surface area contributed by atoms with Crippen molar-refractivity contribution in [3.05, 3.63) is 48.8 Å². The second-order valence-electron chi connectivity index (χ2n) is 10.3. The molecule has 3 unspecified atom stereocenters. The van der Waals surface area contributed by atoms with Crippen molar-refractivity contribution in [3.8, 4) is 11.7 Å². The van der Waals surface area contributed by atoms with Gasteiger partial charge in [-0.25, -0.2) is 13.2 Å². The van der Waals surface area contributed by atoms with E-state index in [1.165, 1.54) is 33.7 Å². The highest BCUT2D eigenvalue weighted by Gasteiger charge is 2.54. The lowest BCUT2D eigenvalue weighted by Crippen LogP contribution is -2.53. The molecule has 3 aliphatic rings. The van der Waals surface area contributed by atoms with Gasteiger partial charge >= 0.3 is 6.09 Å². The molecule has 2 amide bonds. The number of nitrogens with one attached hydrogen (secondary N) is 1. The van der Waals surface area contributed by atoms with Gasteiger partial charge in [-0.15, -0.1) is 0 Å². The normalized spacial score (nSPS) is 21.8. The van der Waals surface area contributed by atoms with Gasteiger partial charge in [-0.1, -0.05) is 12.8 Å². The number of sulfonamides is 1. The summed E-state index contributed by atoms with van der Waals surface area (Å²) in [5.74, 6) is 0.0693. The molecule has 1 saturated carbocycles. The highest BCUT2D eigenvalue weighted by atomic mass is 32.2. The Labute approximate surface area is 230 Å². The first kappa shape index (κ1) is 26.3. The van der Waals surface area contributed by atoms with Crippen LogP contribution in [0.3, 0.4) is 0 Å². The first-order valence-corrected chi connectivity index (χ1v) is 14.5. The van der Waals surface area contributed by atoms with E-state index in [0.29, 0.717) is 29.6 Å². The fourth-order valence-electron chi connectivity index (χ4n) is 5.52. The molecule has 0 bridgehead atoms. The third-order valence-corrected chi connectivity index (χ3v) is 9.51. The number of Topliss-reactive ketones (excluding diaryl/α,β-unsaturated/α-hetero) is 1. The quantitative estimate of drug-likeness (QED) is 0.432. The highest BCUT2D eigenvalue weighted by molar-refractivity contribution is 7.89. The Bertz CT molecular complexity index is 1570. The number of aromatic nitrogens is 1. The van der Waals surface area contributed by atoms with Crippen molar-refractivity contribution in [2.24, 2.45) is 5.92 Å². The molecule has 2 aliphatic heterocycles. The van der Waals surface area contributed by atoms with Crippen LogP contribution in [0.4, 0.5) is 4.79 Å². The Morgan fingerprint density at radius 1 is 1.20 bits per heavy atom. The van der Waals surface area contributed by atoms with Gasteiger partial charge in [-0.2, -0.15) is 4.31 Å². The molecule has 2 saturated heterocycles. The number of pyridine rings is 1. The van der Waals surface area contributed by atoms with Crippen LogP contribution >= 0.6 is 0 Å². The SMILES string of the molecule is COc1ccc2oc(OC(=O)NC(CC3CC3)C(=O)N3CCC4C3C(=O)CN4S(=O)(=O)c3cccnc3)cc2c1. The number of carbonyl (C=O) groups excluding carboxylic acids is 3. The van der Waals surface area contributed by atoms with Crippen LogP contribution in [0.5, 0.6) is 11.7 Å². The van der Waals surface area contributed by atoms with Crippen LogP contribution in [0.1, 0.15) is 25.7 Å². The third-order valence-electron chi connectivity index (χ3n) is 7.65. The van der Waals surface area contributed by atoms with Gasteiger partial charge in [0, 0.05) is 30.4 Å². The van der Waals surface area contributed by atoms with Crippen LogP contribution < -0.4 is 14.8 Å². The fourth-order valence-corrected chi connectivity index (χ4v) is 7.11. The summed E-state index contributed by atoms with van der Waals surface area (Å²) >= 11 is 0. The Morgan fingerprint density at radius 2 is 2.02 bits per heavy atom. The Hall–Kier alpha value is -3.97. The van der Waals surface area contributed by atoms with Crippen LogP contribution in [0.2, 0.25) is 0 Å². The number of amides is 2. The number of furan rings is 1. The van der Waals surface area contributed by atoms with Gasteiger partial charge in [0.2, 0.25) is 15.9 Å². The Morgan fingerprint density at radius 3 is 2.75 bits per heavy atom. The van der Waals surface area contributed by atoms with E-state index in [2.05, 4.69) is 10.3 Å². The average molecular weight is 569 g/mol. The molecule has 3 fully saturated rings. The molecule has 4 heterocycles. The Kier molecular flexibility index (Phi) is 6.70. The van der Waals surface area contributed by atoms with E-state index in [1.807, 2.05) is 0 Å². The maximum absolute atomic E-state index is 13.7. The molecule has 6 rings (SSSR count). The predicted octanol–water partition coefficient (Wildman–Crippen LogP) is 2.34. The van der Waals surface area contributed by atoms with Crippen molar-refractivity contribution in [2.75, 3.05) is 20.2 Å². The number of ketones is 1. The minimum absolute atomic E-state index is 0.00622. The van der Waals surface area contributed by atoms with Crippen molar-refractivity contribution in [1.29, 1.82) is 0 Å². The lowest BCUT2D eigenvalue weighted by atomic mass is 10.1. The first-order chi connectivity index (χ1) is 19.2. The molecule has 2 aromatic heterocycles. The highest BCUT2D eigenvalue weighted by Crippen LogP contribution is 2.37. The molecule has 1 aromatic carbocycles. The first-order valence-electron chi connectivity index (χ1n) is 13.1. The zero-order valence-electron chi connectivity index (χ0n) is 21.7. The van der Waals surface area contributed by atoms with Gasteiger partial charge in [0.1, 0.15) is 28.3 Å². The van der Waals surface area contributed by atoms with Crippen molar-refractivity contribution in [2.45, 2.75) is 48.7 Å². The molecule has 12 nitrogen and oxygen atoms in total. The molecule has 13 heteroatoms. The average Bonchev–Trinajstić information content (AvgIpc) is 3.36. The Balaban J connectivity index is 1.17. The van der Waals surface area contributed by atoms with E-state index < -0.39 is 40.1 Å². The molecule has 1 aliphatic carbocycles. The zero-order chi connectivity index (χ0) is 28.0. The summed E-state index contributed by atoms with van der Waals surface area (Å²) in [4.78, 5) is 44.9. The van der Waals surface area contributed by atoms with Gasteiger partial charge in [0.25, 0.3) is 5.95 Å². The minimum Gasteiger partial charge on any atom is -0.497 e. The summed E-state index contributed by atoms with van der Waals surface area (Å²) in [6, 6.07) is 7.12. The number of nitrogens with zero attached hydrogens (tertiary/aromatic N) is 3. The van der Waals surface area contributed by atoms with E-state index in [4.69, 9.17) is 13.9 Å². The lowest BCUT2D eigenvalue weighted by Gasteiger charge is -2.28. The van der Waals surface area contributed by atoms with Crippen molar-refractivity contribution in [3.63, 3.8) is 0 Å². The number of ether oxygens (including phenoxy) is 2. The summed E-state index contributed by atoms with van der Waals surface area (Å²) in [5.41, 5.74) is 0.503. The second kappa shape index (κ2) is 10.2. The smallest absolute Gasteiger partial charge is 0.415 e. The number of hydrogen-bond acceptors (Lipinski definition) is 9. The zero-order valence-corrected chi connectivity index (χ0v) is 22.5. The number of rotatable bonds is 8. The molecule has 3 atom stereocenters. The van der Waals surface area contributed by atoms with Gasteiger partial charge < -0.3 is 24.1 Å². The summed E-state index contributed by atoms with van der Waals surface area (Å²) in [5, 5.41) is 3.34. The molecular weight excluding hydrogens is 540 g/mol. The van der Waals surface area contributed by atoms with E-state index in [-0.39, 0.29) is 35.6 Å². The molecule has 0 radical (unpaired) electrons. The topological polar surface area (TPSA) is 148 Å². The van der Waals surface area contributed by atoms with Crippen molar-refractivity contribution >= 4 is 38.8 Å². The van der Waals surface area contributed by atoms with Crippen molar-refractivity contribution < 1.29 is 36.7 Å². The molecule has 210 valence electrons. The van der Waals surface area contributed by atoms with E-state index in [1.54, 1.807) is 31.4 Å². The monoisotopic (exact) mass is 568 g/mol. The van der Waals surface area contributed by atoms with Crippen LogP contribution in [-0.4, -0.2) is 78.7 Å². The van der Waals surface area contributed by atoms with Crippen LogP contribution in [0, 0.1) is 5.92 Å². The van der Waals surface area contributed by atoms with Crippen molar-refractivity contribution in [1.82, 2.24) is 19.5 Å². The van der Waals surface area contributed by atoms with Crippen LogP contribution in [-0.2, 0) is 19.6 Å². The maximum atomic E-state index is 13.7. The number of likely N-dealkylation sites (tertiary alicyclic amines) is 1. The molecule has 0 spiro atoms. The standard InChI is InChI=1S/C27H28N4O8S/c1-37-18-6-7-23-17(12-18)13-24(38-23)39-27(34)29-20(11-16-4-5-16)26(33)30-10-8-21-25(30)22(32)15-31(21)40(35,36)19-3-2-9-28-14-19/h2-3,6-7,9,12-14,16,20-21,25H,4-5,8,10-11,15H2,1H3,(H,29,34). The van der Waals surface area contributed by atoms with E-state index in [0.717, 1.165) is 12.8 Å². The lowest BCUT2D eigenvalue weighted by molar-refractivity contribution is -0.138. The number of carbonyl (C=O) groups is 3. The largest absolute Gasteiger partial charge is 0.497 e. The van der Waals surface area contributed by atoms with Gasteiger partial charge in [0.05, 0.1) is 19.7 Å². The molecule has 40 heavy (non-hydrogen) atoms. The molecule has 1 N–H and O–H groups in total. The molecular formula is C27H28N4O8S. The molecule has 3 aromatic rings. The van der Waals surface area contributed by atoms with Gasteiger partial charge in [0.15, 0.2) is 5.78 Å². The third kappa shape index (κ3) is 4.90. The predicted molar refractivity (Wildman–Crippen MR) is 140 cm³/mol. The second-order valence-corrected chi connectivity index (χ2v) is 12.2. The summed E-state index contributed by atoms with van der Waals surface area (Å²) < 4.78 is 43.8. The van der Waals surface area contributed by atoms with Gasteiger partial charge in [-0.05, 0) is 49.1 Å². The summed E-state index contributed by atoms with van der Waals surface area (Å²) in [6.45, 7) is -0.127. The number of benzene rings is 1. The number of methoxy groups -OCH3 is 1. The number of fused-ring (bicyclic) bond motifs is 2. The van der Waals surface area contributed by atoms with Crippen LogP contribution in [0.15, 0.2) is 58.1 Å². The van der Waals surface area contributed by atoms with Crippen LogP contribution in [0.25, 0.3) is 11.0 Å².